The summed E-state index contributed by atoms with van der Waals surface area (Å²) in [6, 6.07) is 9.56. The van der Waals surface area contributed by atoms with Crippen molar-refractivity contribution in [1.82, 2.24) is 15.2 Å². The maximum absolute atomic E-state index is 12.5. The maximum atomic E-state index is 12.5. The molecule has 0 spiro atoms. The Morgan fingerprint density at radius 3 is 2.47 bits per heavy atom. The molecule has 2 aromatic heterocycles. The molecule has 0 unspecified atom stereocenters. The molecule has 158 valence electrons. The number of halogens is 1. The first kappa shape index (κ1) is 20.9. The average Bonchev–Trinajstić information content (AvgIpc) is 3.32. The predicted molar refractivity (Wildman–Crippen MR) is 124 cm³/mol. The number of hydrogen-bond donors (Lipinski definition) is 1. The second-order valence-corrected chi connectivity index (χ2v) is 9.67. The Morgan fingerprint density at radius 1 is 1.13 bits per heavy atom. The fourth-order valence-corrected chi connectivity index (χ4v) is 5.42. The van der Waals surface area contributed by atoms with Gasteiger partial charge >= 0.3 is 0 Å². The van der Waals surface area contributed by atoms with E-state index in [1.807, 2.05) is 49.3 Å². The van der Waals surface area contributed by atoms with Crippen LogP contribution in [0.4, 0.5) is 10.8 Å². The van der Waals surface area contributed by atoms with Gasteiger partial charge in [0.05, 0.1) is 16.1 Å². The number of carbonyl (C=O) groups excluding carboxylic acids is 2. The number of aromatic nitrogens is 1. The number of rotatable bonds is 5. The smallest absolute Gasteiger partial charge is 0.261 e. The molecule has 1 saturated heterocycles. The van der Waals surface area contributed by atoms with E-state index < -0.39 is 0 Å². The minimum absolute atomic E-state index is 0.00169. The summed E-state index contributed by atoms with van der Waals surface area (Å²) >= 11 is 8.84. The third kappa shape index (κ3) is 4.53. The topological polar surface area (TPSA) is 68.8 Å². The van der Waals surface area contributed by atoms with Crippen LogP contribution < -0.4 is 15.1 Å². The monoisotopic (exact) mass is 463 g/mol. The Kier molecular flexibility index (Phi) is 6.12. The molecular weight excluding hydrogens is 442 g/mol. The van der Waals surface area contributed by atoms with Crippen LogP contribution in [0.15, 0.2) is 30.3 Å². The minimum Gasteiger partial charge on any atom is -0.368 e. The molecule has 1 fully saturated rings. The first-order valence-electron chi connectivity index (χ1n) is 9.55. The highest BCUT2D eigenvalue weighted by Gasteiger charge is 2.22. The van der Waals surface area contributed by atoms with Gasteiger partial charge in [-0.1, -0.05) is 22.9 Å². The zero-order valence-electron chi connectivity index (χ0n) is 16.7. The first-order chi connectivity index (χ1) is 14.4. The van der Waals surface area contributed by atoms with Crippen LogP contribution in [0.25, 0.3) is 9.53 Å². The predicted octanol–water partition coefficient (Wildman–Crippen LogP) is 3.16. The molecule has 0 bridgehead atoms. The number of anilines is 2. The maximum Gasteiger partial charge on any atom is 0.261 e. The summed E-state index contributed by atoms with van der Waals surface area (Å²) in [6.45, 7) is 2.76. The van der Waals surface area contributed by atoms with Gasteiger partial charge in [0.1, 0.15) is 4.83 Å². The summed E-state index contributed by atoms with van der Waals surface area (Å²) in [6.07, 6.45) is 0. The molecular formula is C20H22ClN5O2S2. The molecule has 0 saturated carbocycles. The quantitative estimate of drug-likeness (QED) is 0.629. The van der Waals surface area contributed by atoms with Crippen LogP contribution >= 0.6 is 34.3 Å². The Balaban J connectivity index is 1.28. The van der Waals surface area contributed by atoms with E-state index in [1.54, 1.807) is 16.2 Å². The number of hydrogen-bond acceptors (Lipinski definition) is 7. The molecule has 0 atom stereocenters. The molecule has 10 heteroatoms. The van der Waals surface area contributed by atoms with Gasteiger partial charge in [0, 0.05) is 51.0 Å². The van der Waals surface area contributed by atoms with E-state index in [9.17, 15) is 9.59 Å². The van der Waals surface area contributed by atoms with Gasteiger partial charge in [-0.25, -0.2) is 4.98 Å². The lowest BCUT2D eigenvalue weighted by molar-refractivity contribution is -0.130. The Morgan fingerprint density at radius 2 is 1.83 bits per heavy atom. The number of thiazole rings is 1. The standard InChI is InChI=1S/C20H22ClN5O2S2/c1-24(2)20-23-19-16(30-20)11-15(29-19)18(28)22-12-17(27)26-9-7-25(8-10-26)14-5-3-13(21)4-6-14/h3-6,11H,7-10,12H2,1-2H3,(H,22,28). The fourth-order valence-electron chi connectivity index (χ4n) is 3.25. The molecule has 1 N–H and O–H groups in total. The second-order valence-electron chi connectivity index (χ2n) is 7.20. The normalized spacial score (nSPS) is 14.2. The van der Waals surface area contributed by atoms with Crippen molar-refractivity contribution in [2.24, 2.45) is 0 Å². The number of nitrogens with one attached hydrogen (secondary N) is 1. The molecule has 7 nitrogen and oxygen atoms in total. The van der Waals surface area contributed by atoms with Crippen molar-refractivity contribution in [1.29, 1.82) is 0 Å². The van der Waals surface area contributed by atoms with E-state index in [0.717, 1.165) is 33.4 Å². The third-order valence-corrected chi connectivity index (χ3v) is 7.49. The second kappa shape index (κ2) is 8.79. The summed E-state index contributed by atoms with van der Waals surface area (Å²) in [5.74, 6) is -0.296. The molecule has 1 aliphatic heterocycles. The number of thiophene rings is 1. The van der Waals surface area contributed by atoms with Crippen molar-refractivity contribution in [2.45, 2.75) is 0 Å². The van der Waals surface area contributed by atoms with Crippen molar-refractivity contribution in [2.75, 3.05) is 56.6 Å². The van der Waals surface area contributed by atoms with E-state index >= 15 is 0 Å². The van der Waals surface area contributed by atoms with E-state index in [0.29, 0.717) is 23.0 Å². The van der Waals surface area contributed by atoms with Crippen LogP contribution in [-0.2, 0) is 4.79 Å². The van der Waals surface area contributed by atoms with Gasteiger partial charge in [0.2, 0.25) is 5.91 Å². The molecule has 0 radical (unpaired) electrons. The highest BCUT2D eigenvalue weighted by Crippen LogP contribution is 2.33. The molecule has 0 aliphatic carbocycles. The van der Waals surface area contributed by atoms with E-state index in [2.05, 4.69) is 15.2 Å². The summed E-state index contributed by atoms with van der Waals surface area (Å²) in [5.41, 5.74) is 1.10. The van der Waals surface area contributed by atoms with Gasteiger partial charge < -0.3 is 20.0 Å². The Hall–Kier alpha value is -2.36. The van der Waals surface area contributed by atoms with E-state index in [1.165, 1.54) is 11.3 Å². The number of carbonyl (C=O) groups is 2. The third-order valence-electron chi connectivity index (χ3n) is 4.91. The van der Waals surface area contributed by atoms with Crippen LogP contribution in [-0.4, -0.2) is 68.5 Å². The summed E-state index contributed by atoms with van der Waals surface area (Å²) in [7, 11) is 3.88. The molecule has 1 aromatic carbocycles. The van der Waals surface area contributed by atoms with Crippen LogP contribution in [0.1, 0.15) is 9.67 Å². The van der Waals surface area contributed by atoms with Gasteiger partial charge in [-0.3, -0.25) is 9.59 Å². The molecule has 1 aliphatic rings. The van der Waals surface area contributed by atoms with Crippen molar-refractivity contribution in [3.8, 4) is 0 Å². The average molecular weight is 464 g/mol. The van der Waals surface area contributed by atoms with Crippen LogP contribution in [0, 0.1) is 0 Å². The summed E-state index contributed by atoms with van der Waals surface area (Å²) in [4.78, 5) is 36.9. The number of benzene rings is 1. The Labute approximate surface area is 187 Å². The first-order valence-corrected chi connectivity index (χ1v) is 11.6. The summed E-state index contributed by atoms with van der Waals surface area (Å²) < 4.78 is 0.985. The molecule has 4 rings (SSSR count). The van der Waals surface area contributed by atoms with Gasteiger partial charge in [-0.15, -0.1) is 11.3 Å². The lowest BCUT2D eigenvalue weighted by Crippen LogP contribution is -2.51. The molecule has 3 aromatic rings. The lowest BCUT2D eigenvalue weighted by atomic mass is 10.2. The Bertz CT molecular complexity index is 1020. The number of amides is 2. The van der Waals surface area contributed by atoms with Crippen molar-refractivity contribution < 1.29 is 9.59 Å². The van der Waals surface area contributed by atoms with Crippen LogP contribution in [0.2, 0.25) is 5.02 Å². The van der Waals surface area contributed by atoms with Crippen molar-refractivity contribution in [3.63, 3.8) is 0 Å². The molecule has 30 heavy (non-hydrogen) atoms. The van der Waals surface area contributed by atoms with Gasteiger partial charge in [-0.05, 0) is 30.3 Å². The SMILES string of the molecule is CN(C)c1nc2sc(C(=O)NCC(=O)N3CCN(c4ccc(Cl)cc4)CC3)cc2s1. The largest absolute Gasteiger partial charge is 0.368 e. The van der Waals surface area contributed by atoms with Gasteiger partial charge in [-0.2, -0.15) is 0 Å². The lowest BCUT2D eigenvalue weighted by Gasteiger charge is -2.36. The minimum atomic E-state index is -0.232. The highest BCUT2D eigenvalue weighted by molar-refractivity contribution is 7.29. The highest BCUT2D eigenvalue weighted by atomic mass is 35.5. The molecule has 2 amide bonds. The van der Waals surface area contributed by atoms with E-state index in [-0.39, 0.29) is 18.4 Å². The number of nitrogens with zero attached hydrogens (tertiary/aromatic N) is 4. The van der Waals surface area contributed by atoms with Gasteiger partial charge in [0.25, 0.3) is 5.91 Å². The van der Waals surface area contributed by atoms with E-state index in [4.69, 9.17) is 11.6 Å². The van der Waals surface area contributed by atoms with Crippen LogP contribution in [0.3, 0.4) is 0 Å². The zero-order valence-corrected chi connectivity index (χ0v) is 19.1. The van der Waals surface area contributed by atoms with Gasteiger partial charge in [0.15, 0.2) is 5.13 Å². The summed E-state index contributed by atoms with van der Waals surface area (Å²) in [5, 5.41) is 4.38. The molecule has 3 heterocycles. The van der Waals surface area contributed by atoms with Crippen molar-refractivity contribution >= 4 is 66.4 Å². The van der Waals surface area contributed by atoms with Crippen LogP contribution in [0.5, 0.6) is 0 Å². The fraction of sp³-hybridized carbons (Fsp3) is 0.350. The number of fused-ring (bicyclic) bond motifs is 1. The zero-order chi connectivity index (χ0) is 21.3. The van der Waals surface area contributed by atoms with Crippen molar-refractivity contribution in [3.05, 3.63) is 40.2 Å². The number of piperazine rings is 1.